The molecule has 1 aliphatic rings. The van der Waals surface area contributed by atoms with E-state index in [0.29, 0.717) is 10.1 Å². The Balaban J connectivity index is 1.57. The predicted octanol–water partition coefficient (Wildman–Crippen LogP) is 10.3. The van der Waals surface area contributed by atoms with Gasteiger partial charge in [0.05, 0.1) is 40.6 Å². The maximum Gasteiger partial charge on any atom is 0.322 e. The number of benzene rings is 4. The summed E-state index contributed by atoms with van der Waals surface area (Å²) in [6.45, 7) is 4.18. The summed E-state index contributed by atoms with van der Waals surface area (Å²) in [6.07, 6.45) is 0. The fourth-order valence-electron chi connectivity index (χ4n) is 5.19. The van der Waals surface area contributed by atoms with E-state index in [1.54, 1.807) is 0 Å². The van der Waals surface area contributed by atoms with Crippen molar-refractivity contribution in [1.29, 1.82) is 0 Å². The summed E-state index contributed by atoms with van der Waals surface area (Å²) in [6, 6.07) is 32.0. The van der Waals surface area contributed by atoms with E-state index in [0.717, 1.165) is 65.9 Å². The summed E-state index contributed by atoms with van der Waals surface area (Å²) in [4.78, 5) is 7.82. The molecule has 0 aliphatic carbocycles. The molecule has 0 amide bonds. The van der Waals surface area contributed by atoms with Gasteiger partial charge >= 0.3 is 5.96 Å². The van der Waals surface area contributed by atoms with Crippen molar-refractivity contribution >= 4 is 97.2 Å². The third-order valence-corrected chi connectivity index (χ3v) is 12.9. The Hall–Kier alpha value is -1.33. The van der Waals surface area contributed by atoms with Crippen LogP contribution in [0, 0.1) is 0 Å². The van der Waals surface area contributed by atoms with Gasteiger partial charge in [-0.15, -0.1) is 0 Å². The maximum atomic E-state index is 5.38. The Kier molecular flexibility index (Phi) is 9.95. The van der Waals surface area contributed by atoms with E-state index in [2.05, 4.69) is 190 Å². The monoisotopic (exact) mass is 866 g/mol. The van der Waals surface area contributed by atoms with Crippen LogP contribution in [0.1, 0.15) is 16.7 Å². The summed E-state index contributed by atoms with van der Waals surface area (Å²) in [5.41, 5.74) is 5.77. The van der Waals surface area contributed by atoms with Crippen molar-refractivity contribution in [2.45, 2.75) is 19.6 Å². The van der Waals surface area contributed by atoms with E-state index < -0.39 is 0 Å². The highest BCUT2D eigenvalue weighted by Gasteiger charge is 2.50. The van der Waals surface area contributed by atoms with E-state index >= 15 is 0 Å². The fourth-order valence-corrected chi connectivity index (χ4v) is 8.84. The maximum absolute atomic E-state index is 5.38. The van der Waals surface area contributed by atoms with Crippen molar-refractivity contribution in [3.8, 4) is 0 Å². The molecule has 1 unspecified atom stereocenters. The number of halogens is 5. The highest BCUT2D eigenvalue weighted by atomic mass is 79.9. The minimum absolute atomic E-state index is 0.357. The third kappa shape index (κ3) is 6.92. The quantitative estimate of drug-likeness (QED) is 0.0708. The van der Waals surface area contributed by atoms with Gasteiger partial charge in [0.2, 0.25) is 16.1 Å². The average Bonchev–Trinajstić information content (AvgIpc) is 3.26. The molecular weight excluding hydrogens is 840 g/mol. The van der Waals surface area contributed by atoms with E-state index in [4.69, 9.17) is 4.99 Å². The van der Waals surface area contributed by atoms with Crippen molar-refractivity contribution < 1.29 is 4.48 Å². The van der Waals surface area contributed by atoms with Gasteiger partial charge in [0.15, 0.2) is 5.69 Å². The van der Waals surface area contributed by atoms with Crippen molar-refractivity contribution in [1.82, 2.24) is 8.41 Å². The third-order valence-electron chi connectivity index (χ3n) is 7.27. The minimum atomic E-state index is 0.357. The molecule has 9 heteroatoms. The molecule has 4 aromatic carbocycles. The topological polar surface area (TPSA) is 15.6 Å². The van der Waals surface area contributed by atoms with E-state index in [1.165, 1.54) is 16.7 Å². The molecule has 0 aromatic heterocycles. The SMILES string of the molecule is C[N+](C)(CCN(Cc1ccccc1)C1=Nc2c(Br)c(Br)c(Br)c(Br)c2[N+]1(Br)Cc1ccccc1)Cc1ccccc1. The van der Waals surface area contributed by atoms with Crippen molar-refractivity contribution in [3.05, 3.63) is 126 Å². The second-order valence-electron chi connectivity index (χ2n) is 10.9. The van der Waals surface area contributed by atoms with Crippen LogP contribution in [-0.2, 0) is 19.6 Å². The van der Waals surface area contributed by atoms with Crippen molar-refractivity contribution in [2.24, 2.45) is 4.99 Å². The molecule has 0 spiro atoms. The standard InChI is InChI=1S/C32H31Br5N4/c1-40(2,21-24-14-8-4-9-15-24)19-18-39(20-23-12-6-3-7-13-23)32-38-30-28(35)26(33)27(34)29(36)31(30)41(32,37)22-25-16-10-5-11-17-25/h3-17H,18-22H2,1-2H3/q+2. The molecule has 0 saturated heterocycles. The summed E-state index contributed by atoms with van der Waals surface area (Å²) in [5, 5.41) is 0. The molecular formula is C32H31Br5N4+2. The first kappa shape index (κ1) is 31.1. The number of rotatable bonds is 9. The molecule has 5 rings (SSSR count). The van der Waals surface area contributed by atoms with Gasteiger partial charge in [0.1, 0.15) is 18.8 Å². The second kappa shape index (κ2) is 13.1. The van der Waals surface area contributed by atoms with Crippen LogP contribution in [-0.4, -0.2) is 42.5 Å². The smallest absolute Gasteiger partial charge is 0.322 e. The van der Waals surface area contributed by atoms with Crippen LogP contribution in [0.3, 0.4) is 0 Å². The number of quaternary nitrogens is 2. The molecule has 0 saturated carbocycles. The lowest BCUT2D eigenvalue weighted by atomic mass is 10.2. The van der Waals surface area contributed by atoms with Gasteiger partial charge in [-0.05, 0) is 69.3 Å². The molecule has 0 N–H and O–H groups in total. The first-order valence-corrected chi connectivity index (χ1v) is 17.2. The molecule has 212 valence electrons. The number of guanidine groups is 1. The second-order valence-corrected chi connectivity index (χ2v) is 15.3. The molecule has 0 bridgehead atoms. The zero-order chi connectivity index (χ0) is 29.2. The van der Waals surface area contributed by atoms with Crippen LogP contribution in [0.4, 0.5) is 11.4 Å². The lowest BCUT2D eigenvalue weighted by Gasteiger charge is -2.36. The molecule has 0 fully saturated rings. The van der Waals surface area contributed by atoms with Crippen LogP contribution >= 0.6 is 79.9 Å². The highest BCUT2D eigenvalue weighted by molar-refractivity contribution is 9.15. The Morgan fingerprint density at radius 2 is 1.20 bits per heavy atom. The number of nitrogens with zero attached hydrogens (tertiary/aromatic N) is 4. The molecule has 4 aromatic rings. The summed E-state index contributed by atoms with van der Waals surface area (Å²) in [5.74, 6) is 0.957. The average molecular weight is 871 g/mol. The molecule has 1 heterocycles. The van der Waals surface area contributed by atoms with E-state index in [9.17, 15) is 0 Å². The first-order valence-electron chi connectivity index (χ1n) is 13.3. The number of aliphatic imine (C=N–C) groups is 1. The fraction of sp³-hybridized carbons (Fsp3) is 0.219. The van der Waals surface area contributed by atoms with Crippen molar-refractivity contribution in [2.75, 3.05) is 27.2 Å². The van der Waals surface area contributed by atoms with Gasteiger partial charge in [0, 0.05) is 22.1 Å². The Morgan fingerprint density at radius 3 is 1.78 bits per heavy atom. The van der Waals surface area contributed by atoms with Crippen molar-refractivity contribution in [3.63, 3.8) is 0 Å². The number of hydrogen-bond acceptors (Lipinski definition) is 2. The zero-order valence-corrected chi connectivity index (χ0v) is 30.8. The molecule has 1 aliphatic heterocycles. The number of fused-ring (bicyclic) bond motifs is 1. The number of hydrogen-bond donors (Lipinski definition) is 0. The van der Waals surface area contributed by atoms with Crippen LogP contribution in [0.5, 0.6) is 0 Å². The molecule has 1 atom stereocenters. The van der Waals surface area contributed by atoms with Gasteiger partial charge in [-0.25, -0.2) is 0 Å². The Bertz CT molecular complexity index is 1550. The van der Waals surface area contributed by atoms with Gasteiger partial charge in [0.25, 0.3) is 0 Å². The Morgan fingerprint density at radius 1 is 0.683 bits per heavy atom. The molecule has 41 heavy (non-hydrogen) atoms. The van der Waals surface area contributed by atoms with Crippen LogP contribution in [0.2, 0.25) is 0 Å². The zero-order valence-electron chi connectivity index (χ0n) is 22.9. The predicted molar refractivity (Wildman–Crippen MR) is 189 cm³/mol. The summed E-state index contributed by atoms with van der Waals surface area (Å²) < 4.78 is 4.99. The molecule has 0 radical (unpaired) electrons. The van der Waals surface area contributed by atoms with Gasteiger partial charge in [-0.1, -0.05) is 91.0 Å². The van der Waals surface area contributed by atoms with Crippen LogP contribution in [0.25, 0.3) is 0 Å². The highest BCUT2D eigenvalue weighted by Crippen LogP contribution is 2.58. The number of likely N-dealkylation sites (N-methyl/N-ethyl adjacent to an activating group) is 1. The largest absolute Gasteiger partial charge is 0.323 e. The van der Waals surface area contributed by atoms with Gasteiger partial charge < -0.3 is 4.48 Å². The van der Waals surface area contributed by atoms with Crippen LogP contribution in [0.15, 0.2) is 114 Å². The lowest BCUT2D eigenvalue weighted by Crippen LogP contribution is -2.54. The Labute approximate surface area is 285 Å². The van der Waals surface area contributed by atoms with E-state index in [-0.39, 0.29) is 0 Å². The van der Waals surface area contributed by atoms with Gasteiger partial charge in [-0.2, -0.15) is 8.50 Å². The summed E-state index contributed by atoms with van der Waals surface area (Å²) >= 11 is 19.6. The lowest BCUT2D eigenvalue weighted by molar-refractivity contribution is -0.903. The summed E-state index contributed by atoms with van der Waals surface area (Å²) in [7, 11) is 4.61. The van der Waals surface area contributed by atoms with Crippen LogP contribution < -0.4 is 3.51 Å². The van der Waals surface area contributed by atoms with Gasteiger partial charge in [-0.3, -0.25) is 4.90 Å². The molecule has 4 nitrogen and oxygen atoms in total. The minimum Gasteiger partial charge on any atom is -0.323 e. The normalized spacial score (nSPS) is 16.4. The first-order chi connectivity index (χ1) is 19.6. The van der Waals surface area contributed by atoms with E-state index in [1.807, 2.05) is 0 Å².